The SMILES string of the molecule is Cc1cc(CN2CCC(CCC(=O)NCc3ccc(F)cc3)CC2)on1. The number of hydrogen-bond donors (Lipinski definition) is 1. The molecule has 0 saturated carbocycles. The molecule has 1 fully saturated rings. The van der Waals surface area contributed by atoms with Crippen molar-refractivity contribution in [2.24, 2.45) is 5.92 Å². The van der Waals surface area contributed by atoms with Gasteiger partial charge in [-0.15, -0.1) is 0 Å². The molecule has 26 heavy (non-hydrogen) atoms. The summed E-state index contributed by atoms with van der Waals surface area (Å²) in [6.45, 7) is 5.25. The second kappa shape index (κ2) is 8.94. The van der Waals surface area contributed by atoms with Crippen LogP contribution >= 0.6 is 0 Å². The van der Waals surface area contributed by atoms with Gasteiger partial charge in [-0.25, -0.2) is 4.39 Å². The van der Waals surface area contributed by atoms with Crippen molar-refractivity contribution in [1.29, 1.82) is 0 Å². The summed E-state index contributed by atoms with van der Waals surface area (Å²) in [4.78, 5) is 14.4. The van der Waals surface area contributed by atoms with Gasteiger partial charge >= 0.3 is 0 Å². The van der Waals surface area contributed by atoms with E-state index in [1.807, 2.05) is 13.0 Å². The highest BCUT2D eigenvalue weighted by Gasteiger charge is 2.20. The van der Waals surface area contributed by atoms with Crippen molar-refractivity contribution >= 4 is 5.91 Å². The molecule has 3 rings (SSSR count). The molecule has 0 radical (unpaired) electrons. The van der Waals surface area contributed by atoms with E-state index in [0.29, 0.717) is 18.9 Å². The molecule has 6 heteroatoms. The number of hydrogen-bond acceptors (Lipinski definition) is 4. The van der Waals surface area contributed by atoms with E-state index < -0.39 is 0 Å². The number of benzene rings is 1. The predicted molar refractivity (Wildman–Crippen MR) is 96.7 cm³/mol. The number of amides is 1. The number of rotatable bonds is 7. The summed E-state index contributed by atoms with van der Waals surface area (Å²) in [6, 6.07) is 8.20. The molecule has 1 aliphatic rings. The zero-order valence-electron chi connectivity index (χ0n) is 15.2. The third-order valence-electron chi connectivity index (χ3n) is 4.95. The zero-order valence-corrected chi connectivity index (χ0v) is 15.2. The number of halogens is 1. The Hall–Kier alpha value is -2.21. The normalized spacial score (nSPS) is 15.9. The van der Waals surface area contributed by atoms with Gasteiger partial charge in [0.2, 0.25) is 5.91 Å². The molecule has 5 nitrogen and oxygen atoms in total. The van der Waals surface area contributed by atoms with E-state index in [-0.39, 0.29) is 11.7 Å². The first-order valence-corrected chi connectivity index (χ1v) is 9.24. The number of piperidine rings is 1. The number of aryl methyl sites for hydroxylation is 1. The number of nitrogens with one attached hydrogen (secondary N) is 1. The average Bonchev–Trinajstić information content (AvgIpc) is 3.05. The monoisotopic (exact) mass is 359 g/mol. The highest BCUT2D eigenvalue weighted by molar-refractivity contribution is 5.75. The van der Waals surface area contributed by atoms with Crippen molar-refractivity contribution < 1.29 is 13.7 Å². The molecule has 1 N–H and O–H groups in total. The van der Waals surface area contributed by atoms with Gasteiger partial charge in [0.05, 0.1) is 12.2 Å². The average molecular weight is 359 g/mol. The molecule has 0 bridgehead atoms. The van der Waals surface area contributed by atoms with Crippen LogP contribution in [-0.4, -0.2) is 29.1 Å². The minimum atomic E-state index is -0.259. The Morgan fingerprint density at radius 3 is 2.69 bits per heavy atom. The fourth-order valence-electron chi connectivity index (χ4n) is 3.37. The Morgan fingerprint density at radius 2 is 2.04 bits per heavy atom. The van der Waals surface area contributed by atoms with Gasteiger partial charge in [-0.1, -0.05) is 17.3 Å². The lowest BCUT2D eigenvalue weighted by molar-refractivity contribution is -0.121. The lowest BCUT2D eigenvalue weighted by Gasteiger charge is -2.31. The summed E-state index contributed by atoms with van der Waals surface area (Å²) < 4.78 is 18.1. The third-order valence-corrected chi connectivity index (χ3v) is 4.95. The van der Waals surface area contributed by atoms with Crippen LogP contribution in [0.15, 0.2) is 34.9 Å². The minimum absolute atomic E-state index is 0.0638. The molecule has 0 spiro atoms. The number of carbonyl (C=O) groups is 1. The molecule has 140 valence electrons. The van der Waals surface area contributed by atoms with E-state index in [1.165, 1.54) is 12.1 Å². The Kier molecular flexibility index (Phi) is 6.39. The van der Waals surface area contributed by atoms with Crippen molar-refractivity contribution in [2.75, 3.05) is 13.1 Å². The molecule has 1 aliphatic heterocycles. The van der Waals surface area contributed by atoms with E-state index in [1.54, 1.807) is 12.1 Å². The van der Waals surface area contributed by atoms with Crippen LogP contribution in [-0.2, 0) is 17.9 Å². The molecule has 0 unspecified atom stereocenters. The first-order chi connectivity index (χ1) is 12.6. The van der Waals surface area contributed by atoms with Gasteiger partial charge in [-0.2, -0.15) is 0 Å². The van der Waals surface area contributed by atoms with Crippen LogP contribution in [0.3, 0.4) is 0 Å². The highest BCUT2D eigenvalue weighted by Crippen LogP contribution is 2.23. The highest BCUT2D eigenvalue weighted by atomic mass is 19.1. The fraction of sp³-hybridized carbons (Fsp3) is 0.500. The Morgan fingerprint density at radius 1 is 1.31 bits per heavy atom. The maximum atomic E-state index is 12.9. The van der Waals surface area contributed by atoms with Gasteiger partial charge in [0.1, 0.15) is 5.82 Å². The molecule has 2 heterocycles. The van der Waals surface area contributed by atoms with Crippen LogP contribution in [0.4, 0.5) is 4.39 Å². The van der Waals surface area contributed by atoms with Crippen molar-refractivity contribution in [3.8, 4) is 0 Å². The first kappa shape index (κ1) is 18.6. The quantitative estimate of drug-likeness (QED) is 0.823. The van der Waals surface area contributed by atoms with Gasteiger partial charge in [0.15, 0.2) is 5.76 Å². The molecule has 1 aromatic heterocycles. The molecular weight excluding hydrogens is 333 g/mol. The van der Waals surface area contributed by atoms with E-state index >= 15 is 0 Å². The van der Waals surface area contributed by atoms with Crippen LogP contribution < -0.4 is 5.32 Å². The lowest BCUT2D eigenvalue weighted by atomic mass is 9.92. The fourth-order valence-corrected chi connectivity index (χ4v) is 3.37. The number of carbonyl (C=O) groups excluding carboxylic acids is 1. The van der Waals surface area contributed by atoms with Gasteiger partial charge in [-0.05, 0) is 62.9 Å². The van der Waals surface area contributed by atoms with Crippen molar-refractivity contribution in [3.63, 3.8) is 0 Å². The molecule has 1 aromatic carbocycles. The molecule has 1 saturated heterocycles. The summed E-state index contributed by atoms with van der Waals surface area (Å²) in [5, 5.41) is 6.84. The molecule has 2 aromatic rings. The van der Waals surface area contributed by atoms with E-state index in [9.17, 15) is 9.18 Å². The smallest absolute Gasteiger partial charge is 0.220 e. The van der Waals surface area contributed by atoms with Gasteiger partial charge in [-0.3, -0.25) is 9.69 Å². The molecule has 1 amide bonds. The maximum Gasteiger partial charge on any atom is 0.220 e. The molecule has 0 atom stereocenters. The second-order valence-electron chi connectivity index (χ2n) is 7.10. The molecule has 0 aliphatic carbocycles. The van der Waals surface area contributed by atoms with E-state index in [4.69, 9.17) is 4.52 Å². The zero-order chi connectivity index (χ0) is 18.4. The number of aromatic nitrogens is 1. The standard InChI is InChI=1S/C20H26FN3O2/c1-15-12-19(26-23-15)14-24-10-8-16(9-11-24)4-7-20(25)22-13-17-2-5-18(21)6-3-17/h2-3,5-6,12,16H,4,7-11,13-14H2,1H3,(H,22,25). The van der Waals surface area contributed by atoms with E-state index in [2.05, 4.69) is 15.4 Å². The number of likely N-dealkylation sites (tertiary alicyclic amines) is 1. The summed E-state index contributed by atoms with van der Waals surface area (Å²) in [5.74, 6) is 1.32. The minimum Gasteiger partial charge on any atom is -0.360 e. The van der Waals surface area contributed by atoms with Crippen LogP contribution in [0.2, 0.25) is 0 Å². The van der Waals surface area contributed by atoms with E-state index in [0.717, 1.165) is 55.9 Å². The lowest BCUT2D eigenvalue weighted by Crippen LogP contribution is -2.33. The number of nitrogens with zero attached hydrogens (tertiary/aromatic N) is 2. The second-order valence-corrected chi connectivity index (χ2v) is 7.10. The summed E-state index contributed by atoms with van der Waals surface area (Å²) in [5.41, 5.74) is 1.83. The maximum absolute atomic E-state index is 12.9. The predicted octanol–water partition coefficient (Wildman–Crippen LogP) is 3.43. The van der Waals surface area contributed by atoms with Crippen LogP contribution in [0, 0.1) is 18.7 Å². The van der Waals surface area contributed by atoms with Crippen LogP contribution in [0.1, 0.15) is 42.7 Å². The topological polar surface area (TPSA) is 58.4 Å². The van der Waals surface area contributed by atoms with Gasteiger partial charge < -0.3 is 9.84 Å². The van der Waals surface area contributed by atoms with Crippen LogP contribution in [0.5, 0.6) is 0 Å². The molecular formula is C20H26FN3O2. The Balaban J connectivity index is 1.31. The summed E-state index contributed by atoms with van der Waals surface area (Å²) in [7, 11) is 0. The third kappa shape index (κ3) is 5.66. The van der Waals surface area contributed by atoms with Crippen LogP contribution in [0.25, 0.3) is 0 Å². The van der Waals surface area contributed by atoms with Crippen molar-refractivity contribution in [2.45, 2.75) is 45.7 Å². The van der Waals surface area contributed by atoms with Crippen molar-refractivity contribution in [3.05, 3.63) is 53.2 Å². The summed E-state index contributed by atoms with van der Waals surface area (Å²) in [6.07, 6.45) is 3.69. The van der Waals surface area contributed by atoms with Gasteiger partial charge in [0.25, 0.3) is 0 Å². The largest absolute Gasteiger partial charge is 0.360 e. The van der Waals surface area contributed by atoms with Gasteiger partial charge in [0, 0.05) is 19.0 Å². The first-order valence-electron chi connectivity index (χ1n) is 9.24. The Bertz CT molecular complexity index is 706. The Labute approximate surface area is 153 Å². The summed E-state index contributed by atoms with van der Waals surface area (Å²) >= 11 is 0. The van der Waals surface area contributed by atoms with Crippen molar-refractivity contribution in [1.82, 2.24) is 15.4 Å².